The molecule has 0 aliphatic carbocycles. The zero-order valence-electron chi connectivity index (χ0n) is 12.7. The fourth-order valence-corrected chi connectivity index (χ4v) is 4.63. The average molecular weight is 336 g/mol. The summed E-state index contributed by atoms with van der Waals surface area (Å²) in [5, 5.41) is 4.30. The molecule has 1 atom stereocenters. The Hall–Kier alpha value is -0.630. The van der Waals surface area contributed by atoms with E-state index in [1.165, 1.54) is 4.31 Å². The molecule has 8 heteroatoms. The molecule has 0 bridgehead atoms. The van der Waals surface area contributed by atoms with Crippen LogP contribution >= 0.6 is 11.6 Å². The highest BCUT2D eigenvalue weighted by molar-refractivity contribution is 7.89. The molecule has 0 radical (unpaired) electrons. The number of hydrogen-bond acceptors (Lipinski definition) is 4. The summed E-state index contributed by atoms with van der Waals surface area (Å²) in [6.45, 7) is 7.22. The Kier molecular flexibility index (Phi) is 5.29. The highest BCUT2D eigenvalue weighted by Gasteiger charge is 2.34. The molecule has 1 fully saturated rings. The molecule has 0 saturated carbocycles. The van der Waals surface area contributed by atoms with E-state index in [-0.39, 0.29) is 6.10 Å². The third-order valence-electron chi connectivity index (χ3n) is 3.77. The molecule has 1 saturated heterocycles. The Bertz CT molecular complexity index is 600. The van der Waals surface area contributed by atoms with Gasteiger partial charge in [-0.05, 0) is 20.3 Å². The van der Waals surface area contributed by atoms with Crippen LogP contribution < -0.4 is 0 Å². The van der Waals surface area contributed by atoms with Crippen LogP contribution in [-0.2, 0) is 21.3 Å². The number of sulfonamides is 1. The predicted molar refractivity (Wildman–Crippen MR) is 81.2 cm³/mol. The summed E-state index contributed by atoms with van der Waals surface area (Å²) in [6.07, 6.45) is 0.766. The molecule has 1 unspecified atom stereocenters. The minimum Gasteiger partial charge on any atom is -0.375 e. The van der Waals surface area contributed by atoms with Crippen LogP contribution in [0.15, 0.2) is 4.90 Å². The van der Waals surface area contributed by atoms with Gasteiger partial charge >= 0.3 is 0 Å². The van der Waals surface area contributed by atoms with Crippen molar-refractivity contribution in [1.82, 2.24) is 14.1 Å². The van der Waals surface area contributed by atoms with Crippen molar-refractivity contribution in [3.63, 3.8) is 0 Å². The van der Waals surface area contributed by atoms with Crippen LogP contribution in [0.1, 0.15) is 24.7 Å². The van der Waals surface area contributed by atoms with E-state index >= 15 is 0 Å². The van der Waals surface area contributed by atoms with Crippen molar-refractivity contribution in [3.05, 3.63) is 11.4 Å². The largest absolute Gasteiger partial charge is 0.375 e. The van der Waals surface area contributed by atoms with Crippen molar-refractivity contribution in [2.45, 2.75) is 44.7 Å². The number of halogens is 1. The zero-order chi connectivity index (χ0) is 15.6. The lowest BCUT2D eigenvalue weighted by molar-refractivity contribution is -0.00280. The Morgan fingerprint density at radius 2 is 2.14 bits per heavy atom. The van der Waals surface area contributed by atoms with E-state index in [9.17, 15) is 8.42 Å². The summed E-state index contributed by atoms with van der Waals surface area (Å²) in [7, 11) is -3.54. The summed E-state index contributed by atoms with van der Waals surface area (Å²) >= 11 is 5.73. The molecule has 1 aliphatic heterocycles. The summed E-state index contributed by atoms with van der Waals surface area (Å²) in [5.74, 6) is 0.400. The molecule has 0 amide bonds. The van der Waals surface area contributed by atoms with Gasteiger partial charge in [-0.3, -0.25) is 4.68 Å². The number of aromatic nitrogens is 2. The number of aryl methyl sites for hydroxylation is 2. The van der Waals surface area contributed by atoms with Gasteiger partial charge in [-0.2, -0.15) is 9.40 Å². The fraction of sp³-hybridized carbons (Fsp3) is 0.769. The number of alkyl halides is 1. The molecule has 6 nitrogen and oxygen atoms in total. The summed E-state index contributed by atoms with van der Waals surface area (Å²) in [5.41, 5.74) is 1.17. The van der Waals surface area contributed by atoms with Gasteiger partial charge in [0.05, 0.1) is 30.6 Å². The van der Waals surface area contributed by atoms with E-state index in [2.05, 4.69) is 5.10 Å². The lowest BCUT2D eigenvalue weighted by Gasteiger charge is -2.31. The Morgan fingerprint density at radius 3 is 2.76 bits per heavy atom. The predicted octanol–water partition coefficient (Wildman–Crippen LogP) is 1.54. The van der Waals surface area contributed by atoms with Crippen LogP contribution in [0.3, 0.4) is 0 Å². The van der Waals surface area contributed by atoms with Crippen LogP contribution in [0.25, 0.3) is 0 Å². The van der Waals surface area contributed by atoms with Gasteiger partial charge in [0, 0.05) is 19.0 Å². The monoisotopic (exact) mass is 335 g/mol. The van der Waals surface area contributed by atoms with Crippen LogP contribution in [0.5, 0.6) is 0 Å². The molecule has 1 aliphatic rings. The number of ether oxygens (including phenoxy) is 1. The first-order chi connectivity index (χ1) is 9.91. The summed E-state index contributed by atoms with van der Waals surface area (Å²) in [6, 6.07) is 0. The minimum atomic E-state index is -3.54. The SMILES string of the molecule is CCC1CN(S(=O)(=O)c2c(C)nn(CCCl)c2C)CCO1. The van der Waals surface area contributed by atoms with Crippen molar-refractivity contribution in [3.8, 4) is 0 Å². The molecule has 1 aromatic rings. The lowest BCUT2D eigenvalue weighted by atomic mass is 10.2. The van der Waals surface area contributed by atoms with Gasteiger partial charge in [0.25, 0.3) is 0 Å². The second-order valence-electron chi connectivity index (χ2n) is 5.18. The quantitative estimate of drug-likeness (QED) is 0.766. The first-order valence-electron chi connectivity index (χ1n) is 7.13. The van der Waals surface area contributed by atoms with Gasteiger partial charge in [0.1, 0.15) is 4.90 Å². The topological polar surface area (TPSA) is 64.4 Å². The maximum absolute atomic E-state index is 12.9. The molecular weight excluding hydrogens is 314 g/mol. The number of hydrogen-bond donors (Lipinski definition) is 0. The van der Waals surface area contributed by atoms with Gasteiger partial charge in [-0.25, -0.2) is 8.42 Å². The molecule has 0 spiro atoms. The molecular formula is C13H22ClN3O3S. The second-order valence-corrected chi connectivity index (χ2v) is 7.43. The normalized spacial score (nSPS) is 20.9. The Balaban J connectivity index is 2.35. The standard InChI is InChI=1S/C13H22ClN3O3S/c1-4-12-9-16(7-8-20-12)21(18,19)13-10(2)15-17(6-5-14)11(13)3/h12H,4-9H2,1-3H3. The van der Waals surface area contributed by atoms with E-state index < -0.39 is 10.0 Å². The molecule has 2 heterocycles. The zero-order valence-corrected chi connectivity index (χ0v) is 14.2. The van der Waals surface area contributed by atoms with E-state index in [1.54, 1.807) is 18.5 Å². The van der Waals surface area contributed by atoms with Crippen molar-refractivity contribution < 1.29 is 13.2 Å². The third-order valence-corrected chi connectivity index (χ3v) is 6.05. The Labute approximate surface area is 131 Å². The fourth-order valence-electron chi connectivity index (χ4n) is 2.64. The van der Waals surface area contributed by atoms with Crippen LogP contribution in [0, 0.1) is 13.8 Å². The van der Waals surface area contributed by atoms with Gasteiger partial charge < -0.3 is 4.74 Å². The number of rotatable bonds is 5. The van der Waals surface area contributed by atoms with Crippen molar-refractivity contribution in [2.75, 3.05) is 25.6 Å². The van der Waals surface area contributed by atoms with E-state index in [4.69, 9.17) is 16.3 Å². The lowest BCUT2D eigenvalue weighted by Crippen LogP contribution is -2.45. The van der Waals surface area contributed by atoms with Crippen molar-refractivity contribution in [2.24, 2.45) is 0 Å². The average Bonchev–Trinajstić information content (AvgIpc) is 2.74. The molecule has 0 N–H and O–H groups in total. The maximum Gasteiger partial charge on any atom is 0.246 e. The highest BCUT2D eigenvalue weighted by Crippen LogP contribution is 2.25. The molecule has 120 valence electrons. The van der Waals surface area contributed by atoms with Crippen molar-refractivity contribution >= 4 is 21.6 Å². The number of morpholine rings is 1. The van der Waals surface area contributed by atoms with Crippen LogP contribution in [0.4, 0.5) is 0 Å². The molecule has 1 aromatic heterocycles. The summed E-state index contributed by atoms with van der Waals surface area (Å²) in [4.78, 5) is 0.310. The molecule has 2 rings (SSSR count). The van der Waals surface area contributed by atoms with Gasteiger partial charge in [0.2, 0.25) is 10.0 Å². The first kappa shape index (κ1) is 16.7. The molecule has 0 aromatic carbocycles. The van der Waals surface area contributed by atoms with Crippen molar-refractivity contribution in [1.29, 1.82) is 0 Å². The van der Waals surface area contributed by atoms with Gasteiger partial charge in [0.15, 0.2) is 0 Å². The maximum atomic E-state index is 12.9. The Morgan fingerprint density at radius 1 is 1.43 bits per heavy atom. The van der Waals surface area contributed by atoms with Gasteiger partial charge in [-0.1, -0.05) is 6.92 Å². The minimum absolute atomic E-state index is 0.0352. The summed E-state index contributed by atoms with van der Waals surface area (Å²) < 4.78 is 34.5. The molecule has 21 heavy (non-hydrogen) atoms. The van der Waals surface area contributed by atoms with E-state index in [0.29, 0.717) is 48.4 Å². The van der Waals surface area contributed by atoms with Gasteiger partial charge in [-0.15, -0.1) is 11.6 Å². The first-order valence-corrected chi connectivity index (χ1v) is 9.11. The van der Waals surface area contributed by atoms with Crippen LogP contribution in [-0.4, -0.2) is 54.2 Å². The second kappa shape index (κ2) is 6.64. The van der Waals surface area contributed by atoms with E-state index in [1.807, 2.05) is 6.92 Å². The third kappa shape index (κ3) is 3.26. The smallest absolute Gasteiger partial charge is 0.246 e. The number of nitrogens with zero attached hydrogens (tertiary/aromatic N) is 3. The van der Waals surface area contributed by atoms with E-state index in [0.717, 1.165) is 6.42 Å². The van der Waals surface area contributed by atoms with Crippen LogP contribution in [0.2, 0.25) is 0 Å². The highest BCUT2D eigenvalue weighted by atomic mass is 35.5.